The first-order valence-corrected chi connectivity index (χ1v) is 22.8. The number of fused-ring (bicyclic) bond motifs is 1. The third kappa shape index (κ3) is 12.1. The zero-order valence-corrected chi connectivity index (χ0v) is 34.5. The highest BCUT2D eigenvalue weighted by atomic mass is 32.5. The number of hydrogen-bond acceptors (Lipinski definition) is 8. The maximum atomic E-state index is 13.1. The van der Waals surface area contributed by atoms with Crippen LogP contribution in [0.1, 0.15) is 76.5 Å². The van der Waals surface area contributed by atoms with E-state index >= 15 is 0 Å². The van der Waals surface area contributed by atoms with Crippen LogP contribution in [0.4, 0.5) is 4.79 Å². The average molecular weight is 797 g/mol. The number of rotatable bonds is 22. The first-order chi connectivity index (χ1) is 26.0. The van der Waals surface area contributed by atoms with Crippen molar-refractivity contribution < 1.29 is 28.1 Å². The number of nitrogens with one attached hydrogen (secondary N) is 4. The normalized spacial score (nSPS) is 20.1. The molecule has 0 spiro atoms. The van der Waals surface area contributed by atoms with Gasteiger partial charge >= 0.3 is 6.03 Å². The molecule has 4 N–H and O–H groups in total. The van der Waals surface area contributed by atoms with E-state index in [1.165, 1.54) is 0 Å². The molecule has 3 amide bonds. The van der Waals surface area contributed by atoms with Crippen LogP contribution < -0.4 is 21.0 Å². The third-order valence-corrected chi connectivity index (χ3v) is 13.7. The number of ether oxygens (including phenoxy) is 2. The Balaban J connectivity index is 1.33. The standard InChI is InChI=1S/C41H57N4O6PS2/c1-5-48-29-27-43-52(53,51-40(2,3)4)49-28-25-34(24-26-42-37(46)23-15-22-36-38-35(30-54-36)44-39(47)45-38)50-41(31-16-9-6-10-17-31,32-18-11-7-12-19-32)33-20-13-8-14-21-33/h6-14,16-21,34-36,38H,5,15,22-30H2,1-4H3,(H,42,46)(H,43,53)(H2,44,45,47). The van der Waals surface area contributed by atoms with Crippen molar-refractivity contribution in [1.29, 1.82) is 0 Å². The summed E-state index contributed by atoms with van der Waals surface area (Å²) in [5, 5.41) is 12.8. The first-order valence-electron chi connectivity index (χ1n) is 19.1. The lowest BCUT2D eigenvalue weighted by Gasteiger charge is -2.39. The van der Waals surface area contributed by atoms with E-state index in [4.69, 9.17) is 30.3 Å². The van der Waals surface area contributed by atoms with Crippen molar-refractivity contribution in [3.63, 3.8) is 0 Å². The van der Waals surface area contributed by atoms with Gasteiger partial charge in [-0.15, -0.1) is 0 Å². The molecule has 0 aromatic heterocycles. The highest BCUT2D eigenvalue weighted by Gasteiger charge is 2.43. The zero-order chi connectivity index (χ0) is 38.4. The minimum absolute atomic E-state index is 0.00569. The lowest BCUT2D eigenvalue weighted by atomic mass is 9.79. The lowest BCUT2D eigenvalue weighted by Crippen LogP contribution is -2.39. The summed E-state index contributed by atoms with van der Waals surface area (Å²) in [5.41, 5.74) is 1.53. The molecule has 3 aromatic rings. The van der Waals surface area contributed by atoms with Crippen molar-refractivity contribution in [3.05, 3.63) is 108 Å². The van der Waals surface area contributed by atoms with Gasteiger partial charge in [-0.1, -0.05) is 91.0 Å². The summed E-state index contributed by atoms with van der Waals surface area (Å²) in [4.78, 5) is 24.9. The topological polar surface area (TPSA) is 119 Å². The van der Waals surface area contributed by atoms with Crippen LogP contribution in [0.15, 0.2) is 91.0 Å². The first kappa shape index (κ1) is 42.3. The van der Waals surface area contributed by atoms with Gasteiger partial charge in [0, 0.05) is 37.1 Å². The van der Waals surface area contributed by atoms with Gasteiger partial charge in [0.05, 0.1) is 37.0 Å². The van der Waals surface area contributed by atoms with Crippen LogP contribution in [0.25, 0.3) is 0 Å². The fraction of sp³-hybridized carbons (Fsp3) is 0.512. The van der Waals surface area contributed by atoms with Crippen LogP contribution in [-0.2, 0) is 40.7 Å². The fourth-order valence-electron chi connectivity index (χ4n) is 6.97. The molecule has 0 radical (unpaired) electrons. The monoisotopic (exact) mass is 796 g/mol. The maximum Gasteiger partial charge on any atom is 0.315 e. The van der Waals surface area contributed by atoms with Crippen molar-refractivity contribution in [2.45, 2.75) is 94.4 Å². The summed E-state index contributed by atoms with van der Waals surface area (Å²) in [6, 6.07) is 31.1. The van der Waals surface area contributed by atoms with E-state index < -0.39 is 17.8 Å². The predicted molar refractivity (Wildman–Crippen MR) is 221 cm³/mol. The van der Waals surface area contributed by atoms with Crippen LogP contribution in [0.5, 0.6) is 0 Å². The van der Waals surface area contributed by atoms with E-state index in [0.717, 1.165) is 35.3 Å². The second kappa shape index (κ2) is 20.4. The van der Waals surface area contributed by atoms with E-state index in [9.17, 15) is 9.59 Å². The zero-order valence-electron chi connectivity index (χ0n) is 32.0. The van der Waals surface area contributed by atoms with Gasteiger partial charge < -0.3 is 34.5 Å². The average Bonchev–Trinajstić information content (AvgIpc) is 3.71. The van der Waals surface area contributed by atoms with E-state index in [0.29, 0.717) is 50.8 Å². The highest BCUT2D eigenvalue weighted by molar-refractivity contribution is 8.09. The molecule has 2 aliphatic rings. The molecule has 0 aliphatic carbocycles. The molecule has 3 aromatic carbocycles. The molecule has 54 heavy (non-hydrogen) atoms. The van der Waals surface area contributed by atoms with Crippen LogP contribution in [0.2, 0.25) is 0 Å². The summed E-state index contributed by atoms with van der Waals surface area (Å²) < 4.78 is 25.7. The van der Waals surface area contributed by atoms with Gasteiger partial charge in [-0.25, -0.2) is 9.88 Å². The molecule has 2 saturated heterocycles. The van der Waals surface area contributed by atoms with Crippen LogP contribution >= 0.6 is 18.4 Å². The smallest absolute Gasteiger partial charge is 0.315 e. The molecule has 10 nitrogen and oxygen atoms in total. The Hall–Kier alpha value is -2.80. The number of benzene rings is 3. The highest BCUT2D eigenvalue weighted by Crippen LogP contribution is 2.48. The second-order valence-electron chi connectivity index (χ2n) is 14.6. The summed E-state index contributed by atoms with van der Waals surface area (Å²) in [5.74, 6) is 0.911. The SMILES string of the molecule is CCOCCNP(=S)(OCCC(CCNC(=O)CCCC1SCC2NC(=O)NC21)OC(c1ccccc1)(c1ccccc1)c1ccccc1)OC(C)(C)C. The Kier molecular flexibility index (Phi) is 16.0. The van der Waals surface area contributed by atoms with Crippen molar-refractivity contribution in [1.82, 2.24) is 21.0 Å². The molecular formula is C41H57N4O6PS2. The molecule has 2 fully saturated rings. The Morgan fingerprint density at radius 2 is 1.52 bits per heavy atom. The van der Waals surface area contributed by atoms with Crippen molar-refractivity contribution in [2.24, 2.45) is 0 Å². The Labute approximate surface area is 330 Å². The number of carbonyl (C=O) groups is 2. The minimum atomic E-state index is -2.89. The maximum absolute atomic E-state index is 13.1. The van der Waals surface area contributed by atoms with Crippen LogP contribution in [-0.4, -0.2) is 79.6 Å². The van der Waals surface area contributed by atoms with Gasteiger partial charge in [0.25, 0.3) is 6.64 Å². The van der Waals surface area contributed by atoms with E-state index in [-0.39, 0.29) is 36.7 Å². The summed E-state index contributed by atoms with van der Waals surface area (Å²) in [6.45, 7) is 7.32. The fourth-order valence-corrected chi connectivity index (χ4v) is 11.3. The molecule has 5 rings (SSSR count). The number of hydrogen-bond donors (Lipinski definition) is 4. The molecule has 13 heteroatoms. The largest absolute Gasteiger partial charge is 0.380 e. The molecule has 5 atom stereocenters. The predicted octanol–water partition coefficient (Wildman–Crippen LogP) is 7.28. The molecule has 2 aliphatic heterocycles. The summed E-state index contributed by atoms with van der Waals surface area (Å²) in [6.07, 6.45) is 2.75. The van der Waals surface area contributed by atoms with Gasteiger partial charge in [0.1, 0.15) is 5.60 Å². The number of amides is 3. The van der Waals surface area contributed by atoms with Crippen LogP contribution in [0, 0.1) is 0 Å². The molecule has 294 valence electrons. The quantitative estimate of drug-likeness (QED) is 0.0360. The second-order valence-corrected chi connectivity index (χ2v) is 19.1. The van der Waals surface area contributed by atoms with Gasteiger partial charge in [0.2, 0.25) is 5.91 Å². The lowest BCUT2D eigenvalue weighted by molar-refractivity contribution is -0.121. The van der Waals surface area contributed by atoms with Crippen molar-refractivity contribution in [3.8, 4) is 0 Å². The van der Waals surface area contributed by atoms with E-state index in [2.05, 4.69) is 57.4 Å². The number of carbonyl (C=O) groups excluding carboxylic acids is 2. The number of urea groups is 1. The summed E-state index contributed by atoms with van der Waals surface area (Å²) in [7, 11) is 0. The van der Waals surface area contributed by atoms with Crippen molar-refractivity contribution >= 4 is 42.1 Å². The van der Waals surface area contributed by atoms with Crippen LogP contribution in [0.3, 0.4) is 0 Å². The van der Waals surface area contributed by atoms with Gasteiger partial charge in [-0.05, 0) is 81.9 Å². The van der Waals surface area contributed by atoms with E-state index in [1.54, 1.807) is 0 Å². The minimum Gasteiger partial charge on any atom is -0.380 e. The molecule has 0 bridgehead atoms. The summed E-state index contributed by atoms with van der Waals surface area (Å²) >= 11 is 7.87. The van der Waals surface area contributed by atoms with Crippen molar-refractivity contribution in [2.75, 3.05) is 38.7 Å². The molecule has 5 unspecified atom stereocenters. The Bertz CT molecular complexity index is 1550. The molecule has 2 heterocycles. The van der Waals surface area contributed by atoms with Gasteiger partial charge in [0.15, 0.2) is 0 Å². The van der Waals surface area contributed by atoms with E-state index in [1.807, 2.05) is 94.1 Å². The Morgan fingerprint density at radius 3 is 2.09 bits per heavy atom. The van der Waals surface area contributed by atoms with Gasteiger partial charge in [-0.3, -0.25) is 4.79 Å². The molecule has 0 saturated carbocycles. The molecular weight excluding hydrogens is 740 g/mol. The Morgan fingerprint density at radius 1 is 0.907 bits per heavy atom. The third-order valence-electron chi connectivity index (χ3n) is 9.35. The van der Waals surface area contributed by atoms with Gasteiger partial charge in [-0.2, -0.15) is 11.8 Å². The number of thioether (sulfide) groups is 1.